The highest BCUT2D eigenvalue weighted by atomic mass is 32.1. The molecule has 0 aliphatic heterocycles. The van der Waals surface area contributed by atoms with Crippen LogP contribution in [0.1, 0.15) is 44.9 Å². The van der Waals surface area contributed by atoms with Gasteiger partial charge in [-0.05, 0) is 44.7 Å². The summed E-state index contributed by atoms with van der Waals surface area (Å²) in [4.78, 5) is 13.7. The minimum absolute atomic E-state index is 0.448. The van der Waals surface area contributed by atoms with Crippen LogP contribution in [0.3, 0.4) is 0 Å². The van der Waals surface area contributed by atoms with Crippen LogP contribution in [-0.4, -0.2) is 21.0 Å². The molecule has 4 rings (SSSR count). The molecule has 1 unspecified atom stereocenters. The summed E-state index contributed by atoms with van der Waals surface area (Å²) in [7, 11) is 0. The molecule has 1 N–H and O–H groups in total. The third kappa shape index (κ3) is 3.66. The molecule has 1 aliphatic carbocycles. The van der Waals surface area contributed by atoms with Gasteiger partial charge in [0.25, 0.3) is 0 Å². The summed E-state index contributed by atoms with van der Waals surface area (Å²) in [6.45, 7) is 4.25. The van der Waals surface area contributed by atoms with E-state index < -0.39 is 0 Å². The first kappa shape index (κ1) is 16.5. The van der Waals surface area contributed by atoms with Gasteiger partial charge in [0.2, 0.25) is 0 Å². The number of nitrogens with zero attached hydrogens (tertiary/aromatic N) is 3. The first-order valence-corrected chi connectivity index (χ1v) is 10.0. The van der Waals surface area contributed by atoms with E-state index in [0.717, 1.165) is 34.3 Å². The maximum absolute atomic E-state index is 4.64. The fourth-order valence-electron chi connectivity index (χ4n) is 3.79. The molecule has 2 aromatic heterocycles. The summed E-state index contributed by atoms with van der Waals surface area (Å²) in [5.74, 6) is 2.48. The van der Waals surface area contributed by atoms with Crippen LogP contribution in [0.5, 0.6) is 0 Å². The van der Waals surface area contributed by atoms with Crippen LogP contribution in [0.2, 0.25) is 0 Å². The zero-order valence-corrected chi connectivity index (χ0v) is 15.6. The van der Waals surface area contributed by atoms with Crippen LogP contribution < -0.4 is 5.32 Å². The minimum atomic E-state index is 0.448. The van der Waals surface area contributed by atoms with Gasteiger partial charge in [-0.2, -0.15) is 0 Å². The van der Waals surface area contributed by atoms with Crippen molar-refractivity contribution in [3.8, 4) is 11.3 Å². The van der Waals surface area contributed by atoms with Crippen LogP contribution in [0.15, 0.2) is 29.8 Å². The van der Waals surface area contributed by atoms with Crippen LogP contribution in [0.25, 0.3) is 21.5 Å². The molecule has 1 saturated carbocycles. The largest absolute Gasteiger partial charge is 0.367 e. The van der Waals surface area contributed by atoms with Gasteiger partial charge in [-0.15, -0.1) is 11.3 Å². The Morgan fingerprint density at radius 2 is 1.96 bits per heavy atom. The summed E-state index contributed by atoms with van der Waals surface area (Å²) in [6.07, 6.45) is 6.76. The Labute approximate surface area is 152 Å². The van der Waals surface area contributed by atoms with E-state index in [9.17, 15) is 0 Å². The van der Waals surface area contributed by atoms with Gasteiger partial charge < -0.3 is 5.32 Å². The van der Waals surface area contributed by atoms with Gasteiger partial charge >= 0.3 is 0 Å². The number of fused-ring (bicyclic) bond motifs is 1. The smallest absolute Gasteiger partial charge is 0.130 e. The molecular weight excluding hydrogens is 328 g/mol. The third-order valence-electron chi connectivity index (χ3n) is 5.20. The number of nitrogens with one attached hydrogen (secondary N) is 1. The number of thiazole rings is 1. The summed E-state index contributed by atoms with van der Waals surface area (Å²) < 4.78 is 1.21. The molecule has 25 heavy (non-hydrogen) atoms. The zero-order valence-electron chi connectivity index (χ0n) is 14.8. The maximum Gasteiger partial charge on any atom is 0.130 e. The van der Waals surface area contributed by atoms with Crippen molar-refractivity contribution in [1.82, 2.24) is 15.0 Å². The van der Waals surface area contributed by atoms with Gasteiger partial charge in [-0.3, -0.25) is 0 Å². The number of rotatable bonds is 4. The van der Waals surface area contributed by atoms with E-state index >= 15 is 0 Å². The third-order valence-corrected chi connectivity index (χ3v) is 6.01. The van der Waals surface area contributed by atoms with Crippen LogP contribution in [0, 0.1) is 12.8 Å². The van der Waals surface area contributed by atoms with Gasteiger partial charge in [0.15, 0.2) is 0 Å². The van der Waals surface area contributed by atoms with Crippen molar-refractivity contribution in [2.24, 2.45) is 5.92 Å². The average molecular weight is 353 g/mol. The van der Waals surface area contributed by atoms with E-state index in [1.807, 2.05) is 12.4 Å². The van der Waals surface area contributed by atoms with E-state index in [1.54, 1.807) is 11.3 Å². The molecule has 2 heterocycles. The molecule has 1 aromatic carbocycles. The first-order chi connectivity index (χ1) is 12.2. The molecule has 130 valence electrons. The number of benzene rings is 1. The highest BCUT2D eigenvalue weighted by molar-refractivity contribution is 7.16. The molecule has 1 fully saturated rings. The van der Waals surface area contributed by atoms with Crippen LogP contribution in [-0.2, 0) is 0 Å². The SMILES string of the molecule is Cc1nc(NC(C)C2CCCCC2)cc(-c2ccc3scnc3c2)n1. The summed E-state index contributed by atoms with van der Waals surface area (Å²) in [6, 6.07) is 8.87. The molecule has 1 atom stereocenters. The fourth-order valence-corrected chi connectivity index (χ4v) is 4.45. The van der Waals surface area contributed by atoms with Gasteiger partial charge in [0.05, 0.1) is 21.4 Å². The van der Waals surface area contributed by atoms with E-state index in [4.69, 9.17) is 0 Å². The highest BCUT2D eigenvalue weighted by Crippen LogP contribution is 2.29. The van der Waals surface area contributed by atoms with Crippen LogP contribution in [0.4, 0.5) is 5.82 Å². The van der Waals surface area contributed by atoms with E-state index in [0.29, 0.717) is 6.04 Å². The number of aromatic nitrogens is 3. The van der Waals surface area contributed by atoms with Crippen molar-refractivity contribution >= 4 is 27.4 Å². The van der Waals surface area contributed by atoms with Gasteiger partial charge in [0, 0.05) is 17.7 Å². The van der Waals surface area contributed by atoms with Crippen molar-refractivity contribution in [2.75, 3.05) is 5.32 Å². The Kier molecular flexibility index (Phi) is 4.66. The molecular formula is C20H24N4S. The lowest BCUT2D eigenvalue weighted by Gasteiger charge is -2.28. The average Bonchev–Trinajstić information content (AvgIpc) is 3.09. The molecule has 5 heteroatoms. The maximum atomic E-state index is 4.64. The van der Waals surface area contributed by atoms with Crippen molar-refractivity contribution in [1.29, 1.82) is 0 Å². The lowest BCUT2D eigenvalue weighted by Crippen LogP contribution is -2.28. The second-order valence-electron chi connectivity index (χ2n) is 7.05. The molecule has 0 bridgehead atoms. The minimum Gasteiger partial charge on any atom is -0.367 e. The number of hydrogen-bond acceptors (Lipinski definition) is 5. The summed E-state index contributed by atoms with van der Waals surface area (Å²) in [5, 5.41) is 3.63. The summed E-state index contributed by atoms with van der Waals surface area (Å²) >= 11 is 1.67. The zero-order chi connectivity index (χ0) is 17.2. The number of hydrogen-bond donors (Lipinski definition) is 1. The predicted octanol–water partition coefficient (Wildman–Crippen LogP) is 5.44. The Balaban J connectivity index is 1.59. The normalized spacial score (nSPS) is 16.9. The van der Waals surface area contributed by atoms with Crippen molar-refractivity contribution in [3.05, 3.63) is 35.6 Å². The van der Waals surface area contributed by atoms with Gasteiger partial charge in [0.1, 0.15) is 11.6 Å². The molecule has 0 saturated heterocycles. The lowest BCUT2D eigenvalue weighted by molar-refractivity contribution is 0.328. The monoisotopic (exact) mass is 352 g/mol. The van der Waals surface area contributed by atoms with Crippen molar-refractivity contribution in [3.63, 3.8) is 0 Å². The van der Waals surface area contributed by atoms with Gasteiger partial charge in [-0.1, -0.05) is 25.3 Å². The number of anilines is 1. The first-order valence-electron chi connectivity index (χ1n) is 9.15. The van der Waals surface area contributed by atoms with Crippen LogP contribution >= 0.6 is 11.3 Å². The predicted molar refractivity (Wildman–Crippen MR) is 105 cm³/mol. The van der Waals surface area contributed by atoms with E-state index in [-0.39, 0.29) is 0 Å². The molecule has 4 nitrogen and oxygen atoms in total. The molecule has 0 radical (unpaired) electrons. The molecule has 0 spiro atoms. The molecule has 1 aliphatic rings. The summed E-state index contributed by atoms with van der Waals surface area (Å²) in [5.41, 5.74) is 4.97. The Morgan fingerprint density at radius 3 is 2.80 bits per heavy atom. The Morgan fingerprint density at radius 1 is 1.12 bits per heavy atom. The Bertz CT molecular complexity index is 867. The number of aryl methyl sites for hydroxylation is 1. The standard InChI is InChI=1S/C20H24N4S/c1-13(15-6-4-3-5-7-15)22-20-11-17(23-14(2)24-20)16-8-9-19-18(10-16)21-12-25-19/h8-13,15H,3-7H2,1-2H3,(H,22,23,24). The molecule has 3 aromatic rings. The highest BCUT2D eigenvalue weighted by Gasteiger charge is 2.20. The topological polar surface area (TPSA) is 50.7 Å². The van der Waals surface area contributed by atoms with Gasteiger partial charge in [-0.25, -0.2) is 15.0 Å². The Hall–Kier alpha value is -2.01. The fraction of sp³-hybridized carbons (Fsp3) is 0.450. The quantitative estimate of drug-likeness (QED) is 0.679. The van der Waals surface area contributed by atoms with E-state index in [1.165, 1.54) is 36.8 Å². The second kappa shape index (κ2) is 7.08. The van der Waals surface area contributed by atoms with Crippen molar-refractivity contribution < 1.29 is 0 Å². The second-order valence-corrected chi connectivity index (χ2v) is 7.94. The lowest BCUT2D eigenvalue weighted by atomic mass is 9.84. The van der Waals surface area contributed by atoms with E-state index in [2.05, 4.69) is 51.5 Å². The van der Waals surface area contributed by atoms with Crippen molar-refractivity contribution in [2.45, 2.75) is 52.0 Å². The molecule has 0 amide bonds.